The zero-order valence-electron chi connectivity index (χ0n) is 32.4. The molecule has 2 bridgehead atoms. The van der Waals surface area contributed by atoms with Gasteiger partial charge in [0, 0.05) is 24.2 Å². The van der Waals surface area contributed by atoms with Gasteiger partial charge in [-0.25, -0.2) is 4.79 Å². The molecule has 0 N–H and O–H groups in total. The lowest BCUT2D eigenvalue weighted by molar-refractivity contribution is -0.343. The molecule has 1 aromatic rings. The van der Waals surface area contributed by atoms with Crippen molar-refractivity contribution in [2.45, 2.75) is 154 Å². The Kier molecular flexibility index (Phi) is 10.5. The Balaban J connectivity index is 1.69. The van der Waals surface area contributed by atoms with Gasteiger partial charge < -0.3 is 32.5 Å². The van der Waals surface area contributed by atoms with Crippen LogP contribution >= 0.6 is 0 Å². The summed E-state index contributed by atoms with van der Waals surface area (Å²) in [4.78, 5) is 27.7. The molecule has 2 saturated heterocycles. The smallest absolute Gasteiger partial charge is 0.338 e. The first kappa shape index (κ1) is 38.6. The van der Waals surface area contributed by atoms with Crippen LogP contribution in [-0.4, -0.2) is 83.9 Å². The molecule has 0 spiro atoms. The van der Waals surface area contributed by atoms with Gasteiger partial charge in [0.25, 0.3) is 0 Å². The Morgan fingerprint density at radius 3 is 2.27 bits per heavy atom. The third kappa shape index (κ3) is 5.97. The van der Waals surface area contributed by atoms with Crippen LogP contribution in [0.25, 0.3) is 0 Å². The Morgan fingerprint density at radius 1 is 1.06 bits per heavy atom. The van der Waals surface area contributed by atoms with E-state index in [2.05, 4.69) is 68.1 Å². The van der Waals surface area contributed by atoms with Crippen molar-refractivity contribution in [1.82, 2.24) is 0 Å². The lowest BCUT2D eigenvalue weighted by Crippen LogP contribution is -2.80. The quantitative estimate of drug-likeness (QED) is 0.130. The van der Waals surface area contributed by atoms with E-state index < -0.39 is 81.8 Å². The van der Waals surface area contributed by atoms with Gasteiger partial charge in [0.2, 0.25) is 0 Å². The SMILES string of the molecule is C=CC1OC2C3=C(C)C(O[Si](CC)(CC)CC)CC(O[SiH](C)C)(C(OC(=O)c4ccccc4)C4C5(OC(C)=O)COC5CC[C@@]4(C)C2O1)C3(C)C. The fourth-order valence-electron chi connectivity index (χ4n) is 10.7. The van der Waals surface area contributed by atoms with Crippen molar-refractivity contribution in [3.05, 3.63) is 59.7 Å². The van der Waals surface area contributed by atoms with E-state index in [9.17, 15) is 9.59 Å². The highest BCUT2D eigenvalue weighted by atomic mass is 28.4. The lowest BCUT2D eigenvalue weighted by atomic mass is 9.45. The molecule has 9 unspecified atom stereocenters. The minimum Gasteiger partial charge on any atom is -0.455 e. The summed E-state index contributed by atoms with van der Waals surface area (Å²) in [6, 6.07) is 12.1. The monoisotopic (exact) mass is 740 g/mol. The molecule has 51 heavy (non-hydrogen) atoms. The van der Waals surface area contributed by atoms with Crippen molar-refractivity contribution in [2.24, 2.45) is 16.7 Å². The molecule has 1 aromatic carbocycles. The Morgan fingerprint density at radius 2 is 1.73 bits per heavy atom. The molecule has 5 aliphatic rings. The topological polar surface area (TPSA) is 98.8 Å². The summed E-state index contributed by atoms with van der Waals surface area (Å²) in [5, 5.41) is 0. The Bertz CT molecular complexity index is 1520. The molecule has 2 heterocycles. The highest BCUT2D eigenvalue weighted by Crippen LogP contribution is 2.67. The molecular weight excluding hydrogens is 681 g/mol. The molecule has 2 saturated carbocycles. The highest BCUT2D eigenvalue weighted by molar-refractivity contribution is 6.73. The van der Waals surface area contributed by atoms with E-state index >= 15 is 0 Å². The third-order valence-corrected chi connectivity index (χ3v) is 19.0. The number of fused-ring (bicyclic) bond motifs is 8. The van der Waals surface area contributed by atoms with Crippen LogP contribution in [0.5, 0.6) is 0 Å². The molecular formula is C40H60O9Si2. The number of esters is 2. The zero-order chi connectivity index (χ0) is 37.1. The van der Waals surface area contributed by atoms with E-state index in [1.165, 1.54) is 6.92 Å². The van der Waals surface area contributed by atoms with Gasteiger partial charge in [-0.2, -0.15) is 0 Å². The molecule has 6 rings (SSSR count). The van der Waals surface area contributed by atoms with Crippen molar-refractivity contribution in [3.63, 3.8) is 0 Å². The standard InChI is InChI=1S/C40H60O9Si2/c1-12-30-44-32-31-25(5)28(48-51(13-2,14-3)15-4)23-40(37(31,7)8,49-50(10)11)35(46-36(42)27-19-17-16-18-20-27)33-38(9,34(32)45-30)22-21-29-39(33,24-43-29)47-26(6)41/h12,16-20,28-30,32-35,50H,1,13-15,21-24H2,2-11H3/t28?,29?,30?,32?,33?,34?,35?,38-,39?,40?/m1/s1. The van der Waals surface area contributed by atoms with Crippen LogP contribution in [0.2, 0.25) is 31.2 Å². The summed E-state index contributed by atoms with van der Waals surface area (Å²) in [5.41, 5.74) is -0.909. The van der Waals surface area contributed by atoms with E-state index in [0.717, 1.165) is 29.3 Å². The number of rotatable bonds is 11. The van der Waals surface area contributed by atoms with Gasteiger partial charge in [-0.05, 0) is 80.3 Å². The van der Waals surface area contributed by atoms with Crippen molar-refractivity contribution >= 4 is 29.3 Å². The molecule has 4 fully saturated rings. The van der Waals surface area contributed by atoms with Crippen LogP contribution in [0, 0.1) is 16.7 Å². The second-order valence-corrected chi connectivity index (χ2v) is 23.7. The predicted octanol–water partition coefficient (Wildman–Crippen LogP) is 7.51. The van der Waals surface area contributed by atoms with E-state index in [1.807, 2.05) is 18.2 Å². The maximum atomic E-state index is 14.6. The fourth-order valence-corrected chi connectivity index (χ4v) is 14.9. The maximum Gasteiger partial charge on any atom is 0.338 e. The maximum absolute atomic E-state index is 14.6. The van der Waals surface area contributed by atoms with E-state index in [-0.39, 0.29) is 18.8 Å². The van der Waals surface area contributed by atoms with E-state index in [4.69, 9.17) is 32.5 Å². The van der Waals surface area contributed by atoms with Crippen LogP contribution in [0.1, 0.15) is 85.0 Å². The van der Waals surface area contributed by atoms with Gasteiger partial charge in [-0.1, -0.05) is 66.3 Å². The van der Waals surface area contributed by atoms with Gasteiger partial charge >= 0.3 is 11.9 Å². The normalized spacial score (nSPS) is 38.4. The number of carbonyl (C=O) groups excluding carboxylic acids is 2. The number of hydrogen-bond acceptors (Lipinski definition) is 9. The van der Waals surface area contributed by atoms with Crippen molar-refractivity contribution < 1.29 is 42.1 Å². The van der Waals surface area contributed by atoms with Crippen LogP contribution in [0.15, 0.2) is 54.1 Å². The lowest BCUT2D eigenvalue weighted by Gasteiger charge is -2.69. The third-order valence-electron chi connectivity index (χ3n) is 13.4. The molecule has 11 heteroatoms. The molecule has 9 nitrogen and oxygen atoms in total. The molecule has 3 aliphatic carbocycles. The Labute approximate surface area is 307 Å². The second kappa shape index (κ2) is 13.9. The summed E-state index contributed by atoms with van der Waals surface area (Å²) in [6.45, 7) is 25.6. The minimum absolute atomic E-state index is 0.189. The predicted molar refractivity (Wildman–Crippen MR) is 200 cm³/mol. The largest absolute Gasteiger partial charge is 0.455 e. The molecule has 2 aliphatic heterocycles. The highest BCUT2D eigenvalue weighted by Gasteiger charge is 2.77. The second-order valence-electron chi connectivity index (χ2n) is 16.6. The average molecular weight is 741 g/mol. The number of hydrogen-bond donors (Lipinski definition) is 0. The van der Waals surface area contributed by atoms with Gasteiger partial charge in [-0.15, -0.1) is 0 Å². The summed E-state index contributed by atoms with van der Waals surface area (Å²) in [5.74, 6) is -1.40. The van der Waals surface area contributed by atoms with Gasteiger partial charge in [0.1, 0.15) is 23.9 Å². The van der Waals surface area contributed by atoms with Gasteiger partial charge in [0.05, 0.1) is 30.3 Å². The first-order valence-corrected chi connectivity index (χ1v) is 24.5. The molecule has 10 atom stereocenters. The molecule has 0 radical (unpaired) electrons. The summed E-state index contributed by atoms with van der Waals surface area (Å²) >= 11 is 0. The first-order valence-electron chi connectivity index (χ1n) is 19.2. The summed E-state index contributed by atoms with van der Waals surface area (Å²) in [7, 11) is -4.06. The summed E-state index contributed by atoms with van der Waals surface area (Å²) in [6.07, 6.45) is 0.416. The van der Waals surface area contributed by atoms with E-state index in [0.29, 0.717) is 24.8 Å². The van der Waals surface area contributed by atoms with Crippen LogP contribution in [0.3, 0.4) is 0 Å². The number of benzene rings is 1. The minimum atomic E-state index is -2.17. The zero-order valence-corrected chi connectivity index (χ0v) is 34.6. The van der Waals surface area contributed by atoms with E-state index in [1.54, 1.807) is 18.2 Å². The van der Waals surface area contributed by atoms with Gasteiger partial charge in [0.15, 0.2) is 29.2 Å². The first-order chi connectivity index (χ1) is 24.1. The van der Waals surface area contributed by atoms with Crippen molar-refractivity contribution in [2.75, 3.05) is 6.61 Å². The van der Waals surface area contributed by atoms with Crippen molar-refractivity contribution in [3.8, 4) is 0 Å². The fraction of sp³-hybridized carbons (Fsp3) is 0.700. The number of ether oxygens (including phenoxy) is 5. The van der Waals surface area contributed by atoms with Gasteiger partial charge in [-0.3, -0.25) is 4.79 Å². The Hall–Kier alpha value is -2.13. The summed E-state index contributed by atoms with van der Waals surface area (Å²) < 4.78 is 48.7. The van der Waals surface area contributed by atoms with Crippen LogP contribution in [0.4, 0.5) is 0 Å². The van der Waals surface area contributed by atoms with Crippen molar-refractivity contribution in [1.29, 1.82) is 0 Å². The average Bonchev–Trinajstić information content (AvgIpc) is 3.51. The number of carbonyl (C=O) groups is 2. The molecule has 282 valence electrons. The molecule has 0 amide bonds. The molecule has 0 aromatic heterocycles. The van der Waals surface area contributed by atoms with Crippen LogP contribution in [-0.2, 0) is 37.3 Å². The van der Waals surface area contributed by atoms with Crippen LogP contribution < -0.4 is 0 Å².